The predicted octanol–water partition coefficient (Wildman–Crippen LogP) is 2.03. The van der Waals surface area contributed by atoms with Crippen molar-refractivity contribution in [3.8, 4) is 0 Å². The Morgan fingerprint density at radius 2 is 2.25 bits per heavy atom. The molecular weight excluding hydrogens is 150 g/mol. The fourth-order valence-electron chi connectivity index (χ4n) is 1.26. The number of anilines is 1. The van der Waals surface area contributed by atoms with Gasteiger partial charge in [-0.1, -0.05) is 6.92 Å². The Bertz CT molecular complexity index is 216. The van der Waals surface area contributed by atoms with E-state index < -0.39 is 0 Å². The largest absolute Gasteiger partial charge is 0.356 e. The Labute approximate surface area is 73.8 Å². The Hall–Kier alpha value is -0.990. The fourth-order valence-corrected chi connectivity index (χ4v) is 1.26. The van der Waals surface area contributed by atoms with Crippen LogP contribution in [0.1, 0.15) is 26.0 Å². The zero-order valence-electron chi connectivity index (χ0n) is 8.09. The summed E-state index contributed by atoms with van der Waals surface area (Å²) in [6.07, 6.45) is 3.23. The molecule has 0 spiro atoms. The highest BCUT2D eigenvalue weighted by Gasteiger charge is 2.01. The molecule has 0 aliphatic heterocycles. The van der Waals surface area contributed by atoms with Crippen molar-refractivity contribution in [3.63, 3.8) is 0 Å². The van der Waals surface area contributed by atoms with Crippen molar-refractivity contribution in [2.45, 2.75) is 33.7 Å². The smallest absolute Gasteiger partial charge is 0.203 e. The van der Waals surface area contributed by atoms with E-state index in [1.165, 1.54) is 0 Å². The van der Waals surface area contributed by atoms with E-state index in [0.29, 0.717) is 0 Å². The zero-order chi connectivity index (χ0) is 8.97. The molecule has 0 aliphatic rings. The van der Waals surface area contributed by atoms with Crippen molar-refractivity contribution < 1.29 is 0 Å². The summed E-state index contributed by atoms with van der Waals surface area (Å²) in [5.74, 6) is 0.997. The van der Waals surface area contributed by atoms with Crippen LogP contribution in [0.2, 0.25) is 0 Å². The third-order valence-electron chi connectivity index (χ3n) is 1.70. The van der Waals surface area contributed by atoms with E-state index in [-0.39, 0.29) is 0 Å². The highest BCUT2D eigenvalue weighted by molar-refractivity contribution is 5.28. The van der Waals surface area contributed by atoms with Crippen molar-refractivity contribution in [1.29, 1.82) is 0 Å². The van der Waals surface area contributed by atoms with Gasteiger partial charge in [-0.05, 0) is 20.3 Å². The lowest BCUT2D eigenvalue weighted by atomic mass is 10.5. The highest BCUT2D eigenvalue weighted by atomic mass is 15.2. The Balaban J connectivity index is 2.76. The van der Waals surface area contributed by atoms with Crippen LogP contribution in [-0.2, 0) is 6.54 Å². The van der Waals surface area contributed by atoms with Crippen molar-refractivity contribution in [1.82, 2.24) is 9.55 Å². The molecule has 0 bridgehead atoms. The molecule has 3 heteroatoms. The molecule has 0 aromatic carbocycles. The number of hydrogen-bond acceptors (Lipinski definition) is 2. The van der Waals surface area contributed by atoms with Crippen LogP contribution >= 0.6 is 0 Å². The Morgan fingerprint density at radius 3 is 2.83 bits per heavy atom. The van der Waals surface area contributed by atoms with Gasteiger partial charge in [0.2, 0.25) is 5.95 Å². The molecule has 0 amide bonds. The van der Waals surface area contributed by atoms with Crippen LogP contribution in [0.3, 0.4) is 0 Å². The molecule has 1 aromatic heterocycles. The summed E-state index contributed by atoms with van der Waals surface area (Å²) in [7, 11) is 0. The molecule has 0 fully saturated rings. The van der Waals surface area contributed by atoms with Gasteiger partial charge < -0.3 is 9.88 Å². The first kappa shape index (κ1) is 9.10. The number of nitrogens with one attached hydrogen (secondary N) is 1. The molecule has 0 saturated heterocycles. The first-order chi connectivity index (χ1) is 5.77. The third kappa shape index (κ3) is 2.00. The van der Waals surface area contributed by atoms with Gasteiger partial charge in [0, 0.05) is 19.3 Å². The summed E-state index contributed by atoms with van der Waals surface area (Å²) >= 11 is 0. The summed E-state index contributed by atoms with van der Waals surface area (Å²) in [5, 5.41) is 3.23. The van der Waals surface area contributed by atoms with E-state index in [4.69, 9.17) is 0 Å². The second kappa shape index (κ2) is 4.14. The topological polar surface area (TPSA) is 29.9 Å². The molecular formula is C9H17N3. The standard InChI is InChI=1S/C9H17N3/c1-4-6-12-7-8(3)11-9(12)10-5-2/h7H,4-6H2,1-3H3,(H,10,11). The molecule has 12 heavy (non-hydrogen) atoms. The lowest BCUT2D eigenvalue weighted by molar-refractivity contribution is 0.683. The second-order valence-corrected chi connectivity index (χ2v) is 2.93. The molecule has 0 atom stereocenters. The maximum Gasteiger partial charge on any atom is 0.203 e. The van der Waals surface area contributed by atoms with Gasteiger partial charge in [0.15, 0.2) is 0 Å². The van der Waals surface area contributed by atoms with Crippen LogP contribution in [0.15, 0.2) is 6.20 Å². The normalized spacial score (nSPS) is 10.2. The molecule has 1 aromatic rings. The maximum atomic E-state index is 4.37. The van der Waals surface area contributed by atoms with Crippen molar-refractivity contribution in [3.05, 3.63) is 11.9 Å². The van der Waals surface area contributed by atoms with Gasteiger partial charge in [-0.15, -0.1) is 0 Å². The van der Waals surface area contributed by atoms with Crippen LogP contribution in [0, 0.1) is 6.92 Å². The van der Waals surface area contributed by atoms with Gasteiger partial charge >= 0.3 is 0 Å². The van der Waals surface area contributed by atoms with E-state index >= 15 is 0 Å². The first-order valence-electron chi connectivity index (χ1n) is 4.55. The molecule has 0 saturated carbocycles. The minimum absolute atomic E-state index is 0.931. The molecule has 68 valence electrons. The molecule has 0 aliphatic carbocycles. The Morgan fingerprint density at radius 1 is 1.50 bits per heavy atom. The summed E-state index contributed by atoms with van der Waals surface area (Å²) < 4.78 is 2.17. The van der Waals surface area contributed by atoms with Gasteiger partial charge in [-0.25, -0.2) is 4.98 Å². The minimum Gasteiger partial charge on any atom is -0.356 e. The lowest BCUT2D eigenvalue weighted by Crippen LogP contribution is -2.05. The fraction of sp³-hybridized carbons (Fsp3) is 0.667. The van der Waals surface area contributed by atoms with Crippen LogP contribution in [0.4, 0.5) is 5.95 Å². The average Bonchev–Trinajstić information content (AvgIpc) is 2.33. The summed E-state index contributed by atoms with van der Waals surface area (Å²) in [5.41, 5.74) is 1.08. The van der Waals surface area contributed by atoms with Crippen LogP contribution < -0.4 is 5.32 Å². The van der Waals surface area contributed by atoms with Gasteiger partial charge in [0.1, 0.15) is 0 Å². The van der Waals surface area contributed by atoms with Crippen LogP contribution in [-0.4, -0.2) is 16.1 Å². The summed E-state index contributed by atoms with van der Waals surface area (Å²) in [6.45, 7) is 8.25. The third-order valence-corrected chi connectivity index (χ3v) is 1.70. The van der Waals surface area contributed by atoms with Crippen molar-refractivity contribution in [2.24, 2.45) is 0 Å². The molecule has 1 N–H and O–H groups in total. The van der Waals surface area contributed by atoms with Crippen LogP contribution in [0.5, 0.6) is 0 Å². The molecule has 0 radical (unpaired) electrons. The average molecular weight is 167 g/mol. The number of aryl methyl sites for hydroxylation is 2. The van der Waals surface area contributed by atoms with E-state index in [1.54, 1.807) is 0 Å². The summed E-state index contributed by atoms with van der Waals surface area (Å²) in [6, 6.07) is 0. The van der Waals surface area contributed by atoms with E-state index in [1.807, 2.05) is 6.92 Å². The highest BCUT2D eigenvalue weighted by Crippen LogP contribution is 2.08. The minimum atomic E-state index is 0.931. The van der Waals surface area contributed by atoms with Crippen molar-refractivity contribution >= 4 is 5.95 Å². The molecule has 1 heterocycles. The maximum absolute atomic E-state index is 4.37. The van der Waals surface area contributed by atoms with E-state index in [9.17, 15) is 0 Å². The molecule has 1 rings (SSSR count). The van der Waals surface area contributed by atoms with Crippen LogP contribution in [0.25, 0.3) is 0 Å². The first-order valence-corrected chi connectivity index (χ1v) is 4.55. The van der Waals surface area contributed by atoms with Gasteiger partial charge in [-0.2, -0.15) is 0 Å². The van der Waals surface area contributed by atoms with E-state index in [0.717, 1.165) is 31.2 Å². The number of imidazole rings is 1. The zero-order valence-corrected chi connectivity index (χ0v) is 8.09. The Kier molecular flexibility index (Phi) is 3.14. The monoisotopic (exact) mass is 167 g/mol. The number of hydrogen-bond donors (Lipinski definition) is 1. The predicted molar refractivity (Wildman–Crippen MR) is 51.4 cm³/mol. The molecule has 3 nitrogen and oxygen atoms in total. The SMILES string of the molecule is CCCn1cc(C)nc1NCC. The molecule has 0 unspecified atom stereocenters. The van der Waals surface area contributed by atoms with Gasteiger partial charge in [-0.3, -0.25) is 0 Å². The summed E-state index contributed by atoms with van der Waals surface area (Å²) in [4.78, 5) is 4.37. The lowest BCUT2D eigenvalue weighted by Gasteiger charge is -2.05. The second-order valence-electron chi connectivity index (χ2n) is 2.93. The number of rotatable bonds is 4. The van der Waals surface area contributed by atoms with Crippen molar-refractivity contribution in [2.75, 3.05) is 11.9 Å². The van der Waals surface area contributed by atoms with Gasteiger partial charge in [0.05, 0.1) is 5.69 Å². The van der Waals surface area contributed by atoms with Gasteiger partial charge in [0.25, 0.3) is 0 Å². The van der Waals surface area contributed by atoms with E-state index in [2.05, 4.69) is 34.9 Å². The number of aromatic nitrogens is 2. The quantitative estimate of drug-likeness (QED) is 0.743. The number of nitrogens with zero attached hydrogens (tertiary/aromatic N) is 2.